The van der Waals surface area contributed by atoms with Crippen LogP contribution in [0.25, 0.3) is 0 Å². The first kappa shape index (κ1) is 18.3. The molecule has 0 amide bonds. The second kappa shape index (κ2) is 8.77. The molecule has 7 nitrogen and oxygen atoms in total. The van der Waals surface area contributed by atoms with Gasteiger partial charge < -0.3 is 9.47 Å². The number of hydrogen-bond donors (Lipinski definition) is 1. The fraction of sp³-hybridized carbons (Fsp3) is 0.150. The summed E-state index contributed by atoms with van der Waals surface area (Å²) in [4.78, 5) is 37.3. The van der Waals surface area contributed by atoms with Crippen LogP contribution in [0.1, 0.15) is 22.0 Å². The van der Waals surface area contributed by atoms with Crippen LogP contribution in [0.4, 0.5) is 0 Å². The number of nitrogens with zero attached hydrogens (tertiary/aromatic N) is 1. The molecule has 0 aliphatic heterocycles. The van der Waals surface area contributed by atoms with Crippen LogP contribution >= 0.6 is 0 Å². The van der Waals surface area contributed by atoms with Gasteiger partial charge in [0.25, 0.3) is 5.56 Å². The van der Waals surface area contributed by atoms with E-state index in [2.05, 4.69) is 4.98 Å². The Kier molecular flexibility index (Phi) is 5.96. The molecular weight excluding hydrogens is 348 g/mol. The fourth-order valence-corrected chi connectivity index (χ4v) is 2.43. The van der Waals surface area contributed by atoms with E-state index in [-0.39, 0.29) is 13.3 Å². The highest BCUT2D eigenvalue weighted by molar-refractivity contribution is 5.89. The predicted octanol–water partition coefficient (Wildman–Crippen LogP) is 2.11. The highest BCUT2D eigenvalue weighted by Gasteiger charge is 2.16. The fourth-order valence-electron chi connectivity index (χ4n) is 2.43. The van der Waals surface area contributed by atoms with E-state index in [1.165, 1.54) is 16.8 Å². The number of aromatic amines is 1. The molecule has 0 fully saturated rings. The molecule has 0 saturated heterocycles. The van der Waals surface area contributed by atoms with Gasteiger partial charge in [0, 0.05) is 12.3 Å². The molecule has 3 rings (SSSR count). The van der Waals surface area contributed by atoms with Crippen molar-refractivity contribution in [3.63, 3.8) is 0 Å². The molecule has 3 aromatic rings. The number of esters is 1. The third-order valence-corrected chi connectivity index (χ3v) is 3.86. The summed E-state index contributed by atoms with van der Waals surface area (Å²) in [6, 6.07) is 19.1. The standard InChI is InChI=1S/C20H18N2O5/c23-18-11-12-22(20(25)21-18)14-27-17(15-7-3-1-4-8-15)13-26-19(24)16-9-5-2-6-10-16/h1-12,17H,13-14H2,(H,21,23,25). The summed E-state index contributed by atoms with van der Waals surface area (Å²) in [5, 5.41) is 0. The maximum Gasteiger partial charge on any atom is 0.338 e. The zero-order chi connectivity index (χ0) is 19.1. The van der Waals surface area contributed by atoms with Gasteiger partial charge in [0.2, 0.25) is 0 Å². The van der Waals surface area contributed by atoms with Gasteiger partial charge >= 0.3 is 11.7 Å². The van der Waals surface area contributed by atoms with Gasteiger partial charge in [-0.25, -0.2) is 9.59 Å². The van der Waals surface area contributed by atoms with E-state index < -0.39 is 23.3 Å². The number of hydrogen-bond acceptors (Lipinski definition) is 5. The smallest absolute Gasteiger partial charge is 0.338 e. The third-order valence-electron chi connectivity index (χ3n) is 3.86. The van der Waals surface area contributed by atoms with Crippen LogP contribution in [0.3, 0.4) is 0 Å². The maximum absolute atomic E-state index is 12.2. The average molecular weight is 366 g/mol. The van der Waals surface area contributed by atoms with Crippen molar-refractivity contribution in [2.75, 3.05) is 6.61 Å². The van der Waals surface area contributed by atoms with Crippen molar-refractivity contribution >= 4 is 5.97 Å². The van der Waals surface area contributed by atoms with E-state index in [1.807, 2.05) is 36.4 Å². The molecule has 0 aliphatic carbocycles. The summed E-state index contributed by atoms with van der Waals surface area (Å²) in [5.74, 6) is -0.457. The Balaban J connectivity index is 1.70. The summed E-state index contributed by atoms with van der Waals surface area (Å²) >= 11 is 0. The van der Waals surface area contributed by atoms with Crippen molar-refractivity contribution in [1.29, 1.82) is 0 Å². The first-order valence-electron chi connectivity index (χ1n) is 8.32. The lowest BCUT2D eigenvalue weighted by molar-refractivity contribution is -0.0377. The second-order valence-electron chi connectivity index (χ2n) is 5.74. The molecule has 0 saturated carbocycles. The van der Waals surface area contributed by atoms with E-state index in [9.17, 15) is 14.4 Å². The van der Waals surface area contributed by atoms with Gasteiger partial charge in [0.05, 0.1) is 5.56 Å². The van der Waals surface area contributed by atoms with Crippen molar-refractivity contribution in [3.05, 3.63) is 105 Å². The molecule has 27 heavy (non-hydrogen) atoms. The lowest BCUT2D eigenvalue weighted by Crippen LogP contribution is -2.30. The van der Waals surface area contributed by atoms with Gasteiger partial charge in [-0.1, -0.05) is 48.5 Å². The highest BCUT2D eigenvalue weighted by atomic mass is 16.6. The average Bonchev–Trinajstić information content (AvgIpc) is 2.70. The minimum atomic E-state index is -0.574. The normalized spacial score (nSPS) is 11.7. The number of nitrogens with one attached hydrogen (secondary N) is 1. The van der Waals surface area contributed by atoms with Crippen LogP contribution in [-0.4, -0.2) is 22.1 Å². The van der Waals surface area contributed by atoms with Gasteiger partial charge in [-0.3, -0.25) is 14.3 Å². The van der Waals surface area contributed by atoms with Crippen LogP contribution < -0.4 is 11.2 Å². The third kappa shape index (κ3) is 5.02. The van der Waals surface area contributed by atoms with Gasteiger partial charge in [0.15, 0.2) is 0 Å². The molecule has 1 N–H and O–H groups in total. The minimum absolute atomic E-state index is 0.0180. The number of carbonyl (C=O) groups is 1. The lowest BCUT2D eigenvalue weighted by Gasteiger charge is -2.19. The SMILES string of the molecule is O=C(OCC(OCn1ccc(=O)[nH]c1=O)c1ccccc1)c1ccccc1. The summed E-state index contributed by atoms with van der Waals surface area (Å²) in [7, 11) is 0. The van der Waals surface area contributed by atoms with Crippen molar-refractivity contribution < 1.29 is 14.3 Å². The van der Waals surface area contributed by atoms with Gasteiger partial charge in [-0.15, -0.1) is 0 Å². The number of H-pyrrole nitrogens is 1. The zero-order valence-electron chi connectivity index (χ0n) is 14.4. The Labute approximate surface area is 154 Å². The van der Waals surface area contributed by atoms with Gasteiger partial charge in [-0.2, -0.15) is 0 Å². The first-order chi connectivity index (χ1) is 13.1. The summed E-state index contributed by atoms with van der Waals surface area (Å²) in [6.45, 7) is -0.117. The topological polar surface area (TPSA) is 90.4 Å². The molecule has 7 heteroatoms. The lowest BCUT2D eigenvalue weighted by atomic mass is 10.1. The number of rotatable bonds is 7. The molecule has 1 aromatic heterocycles. The monoisotopic (exact) mass is 366 g/mol. The van der Waals surface area contributed by atoms with Crippen LogP contribution in [0.2, 0.25) is 0 Å². The van der Waals surface area contributed by atoms with Crippen LogP contribution in [0.5, 0.6) is 0 Å². The van der Waals surface area contributed by atoms with E-state index in [0.29, 0.717) is 5.56 Å². The Morgan fingerprint density at radius 3 is 2.30 bits per heavy atom. The Hall–Kier alpha value is -3.45. The highest BCUT2D eigenvalue weighted by Crippen LogP contribution is 2.18. The second-order valence-corrected chi connectivity index (χ2v) is 5.74. The molecule has 0 aliphatic rings. The number of ether oxygens (including phenoxy) is 2. The van der Waals surface area contributed by atoms with Crippen molar-refractivity contribution in [1.82, 2.24) is 9.55 Å². The minimum Gasteiger partial charge on any atom is -0.459 e. The van der Waals surface area contributed by atoms with E-state index in [4.69, 9.17) is 9.47 Å². The predicted molar refractivity (Wildman–Crippen MR) is 98.3 cm³/mol. The molecule has 0 bridgehead atoms. The number of benzene rings is 2. The van der Waals surface area contributed by atoms with Crippen molar-refractivity contribution in [2.24, 2.45) is 0 Å². The molecule has 138 valence electrons. The quantitative estimate of drug-likeness (QED) is 0.647. The molecule has 0 radical (unpaired) electrons. The summed E-state index contributed by atoms with van der Waals surface area (Å²) in [6.07, 6.45) is 0.775. The zero-order valence-corrected chi connectivity index (χ0v) is 14.4. The Morgan fingerprint density at radius 1 is 0.963 bits per heavy atom. The van der Waals surface area contributed by atoms with Crippen molar-refractivity contribution in [3.8, 4) is 0 Å². The molecule has 1 heterocycles. The Morgan fingerprint density at radius 2 is 1.63 bits per heavy atom. The molecule has 1 unspecified atom stereocenters. The van der Waals surface area contributed by atoms with Crippen LogP contribution in [-0.2, 0) is 16.2 Å². The van der Waals surface area contributed by atoms with E-state index in [1.54, 1.807) is 24.3 Å². The van der Waals surface area contributed by atoms with Crippen LogP contribution in [0.15, 0.2) is 82.5 Å². The summed E-state index contributed by atoms with van der Waals surface area (Å²) in [5.41, 5.74) is 0.195. The number of aromatic nitrogens is 2. The molecule has 2 aromatic carbocycles. The number of carbonyl (C=O) groups excluding carboxylic acids is 1. The van der Waals surface area contributed by atoms with Crippen molar-refractivity contribution in [2.45, 2.75) is 12.8 Å². The largest absolute Gasteiger partial charge is 0.459 e. The van der Waals surface area contributed by atoms with Gasteiger partial charge in [-0.05, 0) is 17.7 Å². The summed E-state index contributed by atoms with van der Waals surface area (Å²) < 4.78 is 12.4. The molecular formula is C20H18N2O5. The van der Waals surface area contributed by atoms with E-state index >= 15 is 0 Å². The maximum atomic E-state index is 12.2. The van der Waals surface area contributed by atoms with Crippen LogP contribution in [0, 0.1) is 0 Å². The molecule has 0 spiro atoms. The van der Waals surface area contributed by atoms with Gasteiger partial charge in [0.1, 0.15) is 19.4 Å². The first-order valence-corrected chi connectivity index (χ1v) is 8.32. The Bertz CT molecular complexity index is 996. The molecule has 1 atom stereocenters. The van der Waals surface area contributed by atoms with E-state index in [0.717, 1.165) is 5.56 Å².